The summed E-state index contributed by atoms with van der Waals surface area (Å²) in [6.45, 7) is 4.76. The SMILES string of the molecule is Cc1cc(O)c2c(N=Nc3cc(Nc4nc(Cl)nc(NCCN)n4)ccc3C)c(N)ccc2c1. The van der Waals surface area contributed by atoms with Gasteiger partial charge in [-0.2, -0.15) is 20.1 Å². The van der Waals surface area contributed by atoms with E-state index in [1.165, 1.54) is 0 Å². The third-order valence-electron chi connectivity index (χ3n) is 5.00. The number of nitrogens with zero attached hydrogens (tertiary/aromatic N) is 5. The van der Waals surface area contributed by atoms with E-state index < -0.39 is 0 Å². The van der Waals surface area contributed by atoms with Crippen molar-refractivity contribution in [1.29, 1.82) is 0 Å². The first kappa shape index (κ1) is 23.1. The van der Waals surface area contributed by atoms with Gasteiger partial charge in [0.1, 0.15) is 11.4 Å². The Bertz CT molecular complexity index is 1390. The Kier molecular flexibility index (Phi) is 6.71. The van der Waals surface area contributed by atoms with Gasteiger partial charge in [0.05, 0.1) is 16.8 Å². The smallest absolute Gasteiger partial charge is 0.233 e. The molecule has 0 saturated heterocycles. The molecule has 0 radical (unpaired) electrons. The van der Waals surface area contributed by atoms with Crippen molar-refractivity contribution in [1.82, 2.24) is 15.0 Å². The summed E-state index contributed by atoms with van der Waals surface area (Å²) in [7, 11) is 0. The van der Waals surface area contributed by atoms with Gasteiger partial charge in [0, 0.05) is 18.8 Å². The molecule has 0 fully saturated rings. The fraction of sp³-hybridized carbons (Fsp3) is 0.174. The van der Waals surface area contributed by atoms with Crippen LogP contribution < -0.4 is 22.1 Å². The van der Waals surface area contributed by atoms with E-state index in [0.29, 0.717) is 47.2 Å². The zero-order valence-corrected chi connectivity index (χ0v) is 19.4. The van der Waals surface area contributed by atoms with Crippen molar-refractivity contribution in [2.45, 2.75) is 13.8 Å². The van der Waals surface area contributed by atoms with E-state index in [2.05, 4.69) is 35.8 Å². The van der Waals surface area contributed by atoms with E-state index in [1.807, 2.05) is 38.1 Å². The number of anilines is 4. The standard InChI is InChI=1S/C23H24ClN9O/c1-12-9-14-4-6-16(26)20(19(14)18(34)10-12)33-32-17-11-15(5-3-13(17)2)28-23-30-21(24)29-22(31-23)27-8-7-25/h3-6,9-11,34H,7-8,25-26H2,1-2H3,(H2,27,28,29,30,31). The van der Waals surface area contributed by atoms with Crippen molar-refractivity contribution in [3.63, 3.8) is 0 Å². The second kappa shape index (κ2) is 9.86. The maximum absolute atomic E-state index is 10.5. The lowest BCUT2D eigenvalue weighted by Crippen LogP contribution is -2.15. The number of aromatic nitrogens is 3. The van der Waals surface area contributed by atoms with Crippen molar-refractivity contribution in [3.8, 4) is 5.75 Å². The molecule has 0 aliphatic rings. The Morgan fingerprint density at radius 3 is 2.59 bits per heavy atom. The Morgan fingerprint density at radius 1 is 1.00 bits per heavy atom. The zero-order chi connectivity index (χ0) is 24.2. The second-order valence-electron chi connectivity index (χ2n) is 7.68. The molecule has 4 aromatic rings. The summed E-state index contributed by atoms with van der Waals surface area (Å²) in [5.74, 6) is 0.695. The molecule has 7 N–H and O–H groups in total. The molecule has 0 aliphatic carbocycles. The number of nitrogens with one attached hydrogen (secondary N) is 2. The summed E-state index contributed by atoms with van der Waals surface area (Å²) in [4.78, 5) is 12.4. The molecule has 0 unspecified atom stereocenters. The maximum Gasteiger partial charge on any atom is 0.233 e. The van der Waals surface area contributed by atoms with Crippen LogP contribution in [-0.4, -0.2) is 33.1 Å². The number of hydrogen-bond donors (Lipinski definition) is 5. The zero-order valence-electron chi connectivity index (χ0n) is 18.7. The molecule has 11 heteroatoms. The van der Waals surface area contributed by atoms with E-state index >= 15 is 0 Å². The third kappa shape index (κ3) is 5.13. The fourth-order valence-corrected chi connectivity index (χ4v) is 3.55. The van der Waals surface area contributed by atoms with E-state index in [4.69, 9.17) is 23.1 Å². The maximum atomic E-state index is 10.5. The average molecular weight is 478 g/mol. The van der Waals surface area contributed by atoms with Gasteiger partial charge < -0.3 is 27.2 Å². The largest absolute Gasteiger partial charge is 0.507 e. The summed E-state index contributed by atoms with van der Waals surface area (Å²) in [6, 6.07) is 12.8. The lowest BCUT2D eigenvalue weighted by molar-refractivity contribution is 0.481. The van der Waals surface area contributed by atoms with Gasteiger partial charge in [0.2, 0.25) is 17.2 Å². The van der Waals surface area contributed by atoms with E-state index in [-0.39, 0.29) is 17.0 Å². The van der Waals surface area contributed by atoms with Crippen molar-refractivity contribution in [3.05, 3.63) is 58.9 Å². The number of hydrogen-bond acceptors (Lipinski definition) is 10. The van der Waals surface area contributed by atoms with Crippen LogP contribution in [0.15, 0.2) is 52.7 Å². The van der Waals surface area contributed by atoms with Crippen molar-refractivity contribution >= 4 is 57.0 Å². The molecule has 0 bridgehead atoms. The first-order valence-corrected chi connectivity index (χ1v) is 10.9. The molecule has 1 heterocycles. The lowest BCUT2D eigenvalue weighted by atomic mass is 10.0. The predicted octanol–water partition coefficient (Wildman–Crippen LogP) is 5.11. The molecule has 10 nitrogen and oxygen atoms in total. The summed E-state index contributed by atoms with van der Waals surface area (Å²) >= 11 is 6.01. The number of azo groups is 1. The van der Waals surface area contributed by atoms with Crippen LogP contribution in [0.1, 0.15) is 11.1 Å². The minimum Gasteiger partial charge on any atom is -0.507 e. The summed E-state index contributed by atoms with van der Waals surface area (Å²) in [5.41, 5.74) is 15.6. The minimum atomic E-state index is 0.0468. The topological polar surface area (TPSA) is 160 Å². The highest BCUT2D eigenvalue weighted by Crippen LogP contribution is 2.40. The van der Waals surface area contributed by atoms with E-state index in [9.17, 15) is 5.11 Å². The predicted molar refractivity (Wildman–Crippen MR) is 136 cm³/mol. The van der Waals surface area contributed by atoms with Crippen LogP contribution in [0, 0.1) is 13.8 Å². The third-order valence-corrected chi connectivity index (χ3v) is 5.17. The van der Waals surface area contributed by atoms with Crippen LogP contribution in [0.25, 0.3) is 10.8 Å². The molecule has 174 valence electrons. The van der Waals surface area contributed by atoms with Gasteiger partial charge >= 0.3 is 0 Å². The second-order valence-corrected chi connectivity index (χ2v) is 8.02. The molecule has 0 aliphatic heterocycles. The van der Waals surface area contributed by atoms with E-state index in [0.717, 1.165) is 16.5 Å². The summed E-state index contributed by atoms with van der Waals surface area (Å²) in [6.07, 6.45) is 0. The van der Waals surface area contributed by atoms with Gasteiger partial charge in [-0.25, -0.2) is 0 Å². The number of nitrogens with two attached hydrogens (primary N) is 2. The molecular formula is C23H24ClN9O. The van der Waals surface area contributed by atoms with Crippen molar-refractivity contribution in [2.75, 3.05) is 29.5 Å². The number of fused-ring (bicyclic) bond motifs is 1. The number of nitrogen functional groups attached to an aromatic ring is 1. The van der Waals surface area contributed by atoms with Gasteiger partial charge in [-0.15, -0.1) is 5.11 Å². The van der Waals surface area contributed by atoms with Gasteiger partial charge in [-0.1, -0.05) is 18.2 Å². The molecule has 0 saturated carbocycles. The number of phenols is 1. The molecule has 0 atom stereocenters. The van der Waals surface area contributed by atoms with Crippen LogP contribution in [0.4, 0.5) is 34.6 Å². The molecule has 1 aromatic heterocycles. The number of aryl methyl sites for hydroxylation is 2. The Balaban J connectivity index is 1.66. The highest BCUT2D eigenvalue weighted by atomic mass is 35.5. The van der Waals surface area contributed by atoms with Crippen LogP contribution in [-0.2, 0) is 0 Å². The molecule has 3 aromatic carbocycles. The molecule has 34 heavy (non-hydrogen) atoms. The molecular weight excluding hydrogens is 454 g/mol. The van der Waals surface area contributed by atoms with Crippen LogP contribution in [0.5, 0.6) is 5.75 Å². The normalized spacial score (nSPS) is 11.3. The molecule has 0 amide bonds. The number of aromatic hydroxyl groups is 1. The number of benzene rings is 3. The fourth-order valence-electron chi connectivity index (χ4n) is 3.39. The van der Waals surface area contributed by atoms with Crippen LogP contribution >= 0.6 is 11.6 Å². The Labute approximate surface area is 201 Å². The van der Waals surface area contributed by atoms with Gasteiger partial charge in [0.15, 0.2) is 0 Å². The number of rotatable bonds is 7. The van der Waals surface area contributed by atoms with Crippen molar-refractivity contribution < 1.29 is 5.11 Å². The minimum absolute atomic E-state index is 0.0468. The van der Waals surface area contributed by atoms with Crippen LogP contribution in [0.2, 0.25) is 5.28 Å². The highest BCUT2D eigenvalue weighted by molar-refractivity contribution is 6.28. The highest BCUT2D eigenvalue weighted by Gasteiger charge is 2.11. The van der Waals surface area contributed by atoms with Gasteiger partial charge in [0.25, 0.3) is 0 Å². The van der Waals surface area contributed by atoms with Crippen molar-refractivity contribution in [2.24, 2.45) is 16.0 Å². The van der Waals surface area contributed by atoms with Gasteiger partial charge in [-0.3, -0.25) is 0 Å². The Morgan fingerprint density at radius 2 is 1.79 bits per heavy atom. The molecule has 4 rings (SSSR count). The van der Waals surface area contributed by atoms with Gasteiger partial charge in [-0.05, 0) is 66.2 Å². The summed E-state index contributed by atoms with van der Waals surface area (Å²) in [5, 5.41) is 26.8. The quantitative estimate of drug-likeness (QED) is 0.181. The Hall–Kier alpha value is -4.02. The molecule has 0 spiro atoms. The monoisotopic (exact) mass is 477 g/mol. The first-order chi connectivity index (χ1) is 16.3. The van der Waals surface area contributed by atoms with E-state index in [1.54, 1.807) is 18.2 Å². The average Bonchev–Trinajstić information content (AvgIpc) is 2.78. The van der Waals surface area contributed by atoms with Crippen LogP contribution in [0.3, 0.4) is 0 Å². The number of phenolic OH excluding ortho intramolecular Hbond substituents is 1. The first-order valence-electron chi connectivity index (χ1n) is 10.5. The summed E-state index contributed by atoms with van der Waals surface area (Å²) < 4.78 is 0. The lowest BCUT2D eigenvalue weighted by Gasteiger charge is -2.10. The number of halogens is 1.